The maximum absolute atomic E-state index is 12.8. The number of nitrogens with zero attached hydrogens (tertiary/aromatic N) is 2. The van der Waals surface area contributed by atoms with Crippen molar-refractivity contribution in [3.63, 3.8) is 0 Å². The zero-order chi connectivity index (χ0) is 14.7. The number of rotatable bonds is 3. The fourth-order valence-electron chi connectivity index (χ4n) is 3.71. The van der Waals surface area contributed by atoms with Crippen molar-refractivity contribution in [3.8, 4) is 0 Å². The Morgan fingerprint density at radius 3 is 2.81 bits per heavy atom. The van der Waals surface area contributed by atoms with Gasteiger partial charge in [-0.2, -0.15) is 0 Å². The number of amides is 2. The number of carbonyl (C=O) groups excluding carboxylic acids is 1. The molecule has 2 atom stereocenters. The second-order valence-corrected chi connectivity index (χ2v) is 7.47. The summed E-state index contributed by atoms with van der Waals surface area (Å²) in [7, 11) is 0. The molecule has 0 bridgehead atoms. The molecule has 116 valence electrons. The monoisotopic (exact) mass is 306 g/mol. The molecule has 21 heavy (non-hydrogen) atoms. The standard InChI is InChI=1S/C17H26N2OS/c1-14-7-8-15(9-10-16-6-5-13-21-16)19(14)17(20)18-11-3-2-4-12-18/h5-6,13-15H,2-4,7-12H2,1H3/t14-,15-/m1/s1. The van der Waals surface area contributed by atoms with Gasteiger partial charge in [-0.3, -0.25) is 0 Å². The van der Waals surface area contributed by atoms with Crippen LogP contribution in [0.5, 0.6) is 0 Å². The molecule has 3 heterocycles. The molecular weight excluding hydrogens is 280 g/mol. The van der Waals surface area contributed by atoms with Crippen LogP contribution in [0.25, 0.3) is 0 Å². The van der Waals surface area contributed by atoms with E-state index >= 15 is 0 Å². The summed E-state index contributed by atoms with van der Waals surface area (Å²) in [5, 5.41) is 2.14. The fraction of sp³-hybridized carbons (Fsp3) is 0.706. The molecule has 0 saturated carbocycles. The second-order valence-electron chi connectivity index (χ2n) is 6.44. The summed E-state index contributed by atoms with van der Waals surface area (Å²) in [5.74, 6) is 0. The third-order valence-corrected chi connectivity index (χ3v) is 5.87. The van der Waals surface area contributed by atoms with Crippen LogP contribution < -0.4 is 0 Å². The zero-order valence-electron chi connectivity index (χ0n) is 13.0. The van der Waals surface area contributed by atoms with E-state index in [1.165, 1.54) is 30.6 Å². The summed E-state index contributed by atoms with van der Waals surface area (Å²) in [6.07, 6.45) is 8.19. The quantitative estimate of drug-likeness (QED) is 0.823. The molecular formula is C17H26N2OS. The van der Waals surface area contributed by atoms with Gasteiger partial charge in [-0.05, 0) is 63.3 Å². The van der Waals surface area contributed by atoms with Crippen LogP contribution in [0.2, 0.25) is 0 Å². The van der Waals surface area contributed by atoms with Gasteiger partial charge >= 0.3 is 6.03 Å². The van der Waals surface area contributed by atoms with Crippen LogP contribution in [0.1, 0.15) is 50.3 Å². The molecule has 0 spiro atoms. The lowest BCUT2D eigenvalue weighted by Crippen LogP contribution is -2.49. The van der Waals surface area contributed by atoms with Crippen LogP contribution in [0, 0.1) is 0 Å². The third-order valence-electron chi connectivity index (χ3n) is 4.94. The number of urea groups is 1. The van der Waals surface area contributed by atoms with Crippen molar-refractivity contribution in [1.29, 1.82) is 0 Å². The van der Waals surface area contributed by atoms with Crippen molar-refractivity contribution in [3.05, 3.63) is 22.4 Å². The Labute approximate surface area is 131 Å². The fourth-order valence-corrected chi connectivity index (χ4v) is 4.44. The van der Waals surface area contributed by atoms with Crippen molar-refractivity contribution < 1.29 is 4.79 Å². The summed E-state index contributed by atoms with van der Waals surface area (Å²) < 4.78 is 0. The van der Waals surface area contributed by atoms with Gasteiger partial charge < -0.3 is 9.80 Å². The van der Waals surface area contributed by atoms with Gasteiger partial charge in [0.25, 0.3) is 0 Å². The van der Waals surface area contributed by atoms with E-state index in [1.807, 2.05) is 11.3 Å². The molecule has 2 fully saturated rings. The lowest BCUT2D eigenvalue weighted by Gasteiger charge is -2.36. The summed E-state index contributed by atoms with van der Waals surface area (Å²) in [6, 6.07) is 5.48. The highest BCUT2D eigenvalue weighted by Crippen LogP contribution is 2.29. The first-order valence-corrected chi connectivity index (χ1v) is 9.23. The van der Waals surface area contributed by atoms with E-state index in [1.54, 1.807) is 0 Å². The van der Waals surface area contributed by atoms with Gasteiger partial charge in [0.1, 0.15) is 0 Å². The first kappa shape index (κ1) is 14.9. The van der Waals surface area contributed by atoms with Gasteiger partial charge in [0.05, 0.1) is 0 Å². The minimum Gasteiger partial charge on any atom is -0.325 e. The molecule has 1 aromatic heterocycles. The number of carbonyl (C=O) groups is 1. The number of hydrogen-bond donors (Lipinski definition) is 0. The van der Waals surface area contributed by atoms with Crippen LogP contribution >= 0.6 is 11.3 Å². The average Bonchev–Trinajstić information content (AvgIpc) is 3.15. The minimum absolute atomic E-state index is 0.302. The van der Waals surface area contributed by atoms with Crippen molar-refractivity contribution in [2.45, 2.75) is 64.0 Å². The highest BCUT2D eigenvalue weighted by Gasteiger charge is 2.36. The van der Waals surface area contributed by atoms with Crippen LogP contribution in [0.3, 0.4) is 0 Å². The molecule has 0 aromatic carbocycles. The number of thiophene rings is 1. The Morgan fingerprint density at radius 2 is 2.10 bits per heavy atom. The largest absolute Gasteiger partial charge is 0.325 e. The van der Waals surface area contributed by atoms with Gasteiger partial charge in [0, 0.05) is 30.1 Å². The average molecular weight is 306 g/mol. The van der Waals surface area contributed by atoms with E-state index in [4.69, 9.17) is 0 Å². The van der Waals surface area contributed by atoms with Crippen LogP contribution in [-0.4, -0.2) is 41.0 Å². The van der Waals surface area contributed by atoms with Crippen molar-refractivity contribution >= 4 is 17.4 Å². The lowest BCUT2D eigenvalue weighted by molar-refractivity contribution is 0.124. The molecule has 0 aliphatic carbocycles. The van der Waals surface area contributed by atoms with Crippen molar-refractivity contribution in [2.75, 3.05) is 13.1 Å². The Hall–Kier alpha value is -1.03. The molecule has 4 heteroatoms. The van der Waals surface area contributed by atoms with Crippen molar-refractivity contribution in [2.24, 2.45) is 0 Å². The summed E-state index contributed by atoms with van der Waals surface area (Å²) >= 11 is 1.83. The van der Waals surface area contributed by atoms with E-state index in [0.717, 1.165) is 32.4 Å². The summed E-state index contributed by atoms with van der Waals surface area (Å²) in [6.45, 7) is 4.13. The summed E-state index contributed by atoms with van der Waals surface area (Å²) in [5.41, 5.74) is 0. The Morgan fingerprint density at radius 1 is 1.29 bits per heavy atom. The zero-order valence-corrected chi connectivity index (χ0v) is 13.8. The van der Waals surface area contributed by atoms with Gasteiger partial charge in [-0.15, -0.1) is 11.3 Å². The summed E-state index contributed by atoms with van der Waals surface area (Å²) in [4.78, 5) is 18.6. The molecule has 3 rings (SSSR count). The third kappa shape index (κ3) is 3.42. The smallest absolute Gasteiger partial charge is 0.320 e. The molecule has 2 aliphatic heterocycles. The first-order chi connectivity index (χ1) is 10.3. The van der Waals surface area contributed by atoms with Crippen LogP contribution in [-0.2, 0) is 6.42 Å². The number of aryl methyl sites for hydroxylation is 1. The molecule has 1 aromatic rings. The van der Waals surface area contributed by atoms with Gasteiger partial charge in [0.2, 0.25) is 0 Å². The predicted molar refractivity (Wildman–Crippen MR) is 87.8 cm³/mol. The SMILES string of the molecule is C[C@@H]1CC[C@H](CCc2cccs2)N1C(=O)N1CCCCC1. The first-order valence-electron chi connectivity index (χ1n) is 8.35. The topological polar surface area (TPSA) is 23.6 Å². The maximum atomic E-state index is 12.8. The van der Waals surface area contributed by atoms with Gasteiger partial charge in [-0.1, -0.05) is 6.07 Å². The highest BCUT2D eigenvalue weighted by atomic mass is 32.1. The molecule has 2 amide bonds. The van der Waals surface area contributed by atoms with E-state index in [-0.39, 0.29) is 0 Å². The predicted octanol–water partition coefficient (Wildman–Crippen LogP) is 4.14. The van der Waals surface area contributed by atoms with Gasteiger partial charge in [0.15, 0.2) is 0 Å². The number of hydrogen-bond acceptors (Lipinski definition) is 2. The van der Waals surface area contributed by atoms with Gasteiger partial charge in [-0.25, -0.2) is 4.79 Å². The Kier molecular flexibility index (Phi) is 4.84. The van der Waals surface area contributed by atoms with Crippen LogP contribution in [0.15, 0.2) is 17.5 Å². The maximum Gasteiger partial charge on any atom is 0.320 e. The number of likely N-dealkylation sites (tertiary alicyclic amines) is 2. The van der Waals surface area contributed by atoms with E-state index in [9.17, 15) is 4.79 Å². The van der Waals surface area contributed by atoms with E-state index in [0.29, 0.717) is 18.1 Å². The lowest BCUT2D eigenvalue weighted by atomic mass is 10.1. The normalized spacial score (nSPS) is 26.3. The molecule has 0 N–H and O–H groups in total. The highest BCUT2D eigenvalue weighted by molar-refractivity contribution is 7.09. The molecule has 0 radical (unpaired) electrons. The second kappa shape index (κ2) is 6.82. The molecule has 2 saturated heterocycles. The van der Waals surface area contributed by atoms with Crippen molar-refractivity contribution in [1.82, 2.24) is 9.80 Å². The van der Waals surface area contributed by atoms with E-state index in [2.05, 4.69) is 34.2 Å². The molecule has 0 unspecified atom stereocenters. The Balaban J connectivity index is 1.61. The van der Waals surface area contributed by atoms with E-state index < -0.39 is 0 Å². The molecule has 3 nitrogen and oxygen atoms in total. The minimum atomic E-state index is 0.302. The molecule has 2 aliphatic rings. The Bertz CT molecular complexity index is 453. The van der Waals surface area contributed by atoms with Crippen LogP contribution in [0.4, 0.5) is 4.79 Å². The number of piperidine rings is 1.